The van der Waals surface area contributed by atoms with E-state index in [9.17, 15) is 27.1 Å². The molecule has 0 saturated heterocycles. The first-order chi connectivity index (χ1) is 19.5. The SMILES string of the molecule is C[C@@H](c1cc(-c2ccc(OCc3cccc(C(F)(F)F)c3)cc2)no1)[C@](O)(Cn1cncn1)c1ccc(F)cc1F. The van der Waals surface area contributed by atoms with Gasteiger partial charge in [-0.25, -0.2) is 18.4 Å². The molecule has 0 unspecified atom stereocenters. The van der Waals surface area contributed by atoms with E-state index in [0.717, 1.165) is 18.2 Å². The van der Waals surface area contributed by atoms with Gasteiger partial charge in [0.05, 0.1) is 18.0 Å². The number of rotatable bonds is 9. The third-order valence-corrected chi connectivity index (χ3v) is 6.75. The van der Waals surface area contributed by atoms with E-state index in [2.05, 4.69) is 15.2 Å². The second-order valence-electron chi connectivity index (χ2n) is 9.49. The van der Waals surface area contributed by atoms with E-state index >= 15 is 0 Å². The molecule has 5 aromatic rings. The van der Waals surface area contributed by atoms with Gasteiger partial charge < -0.3 is 14.4 Å². The number of hydrogen-bond acceptors (Lipinski definition) is 6. The summed E-state index contributed by atoms with van der Waals surface area (Å²) < 4.78 is 79.8. The highest BCUT2D eigenvalue weighted by Gasteiger charge is 2.42. The highest BCUT2D eigenvalue weighted by atomic mass is 19.4. The van der Waals surface area contributed by atoms with Gasteiger partial charge in [-0.05, 0) is 48.0 Å². The zero-order chi connectivity index (χ0) is 29.2. The van der Waals surface area contributed by atoms with Crippen molar-refractivity contribution in [3.05, 3.63) is 120 Å². The predicted octanol–water partition coefficient (Wildman–Crippen LogP) is 6.50. The summed E-state index contributed by atoms with van der Waals surface area (Å²) in [5.74, 6) is -1.91. The summed E-state index contributed by atoms with van der Waals surface area (Å²) in [6.45, 7) is 1.36. The summed E-state index contributed by atoms with van der Waals surface area (Å²) in [5, 5.41) is 19.8. The third-order valence-electron chi connectivity index (χ3n) is 6.75. The molecule has 0 saturated carbocycles. The van der Waals surface area contributed by atoms with E-state index in [-0.39, 0.29) is 24.5 Å². The van der Waals surface area contributed by atoms with Crippen LogP contribution in [0.15, 0.2) is 90.0 Å². The van der Waals surface area contributed by atoms with Crippen LogP contribution in [-0.4, -0.2) is 25.0 Å². The van der Waals surface area contributed by atoms with Gasteiger partial charge in [-0.15, -0.1) is 0 Å². The molecule has 0 aliphatic rings. The van der Waals surface area contributed by atoms with E-state index < -0.39 is 34.9 Å². The molecule has 5 rings (SSSR count). The Morgan fingerprint density at radius 2 is 1.78 bits per heavy atom. The molecule has 0 bridgehead atoms. The second-order valence-corrected chi connectivity index (χ2v) is 9.49. The van der Waals surface area contributed by atoms with Crippen LogP contribution in [0.1, 0.15) is 35.3 Å². The number of hydrogen-bond donors (Lipinski definition) is 1. The summed E-state index contributed by atoms with van der Waals surface area (Å²) in [7, 11) is 0. The van der Waals surface area contributed by atoms with Gasteiger partial charge in [0.2, 0.25) is 0 Å². The van der Waals surface area contributed by atoms with Crippen LogP contribution in [0.5, 0.6) is 5.75 Å². The monoisotopic (exact) mass is 570 g/mol. The highest BCUT2D eigenvalue weighted by Crippen LogP contribution is 2.40. The topological polar surface area (TPSA) is 86.2 Å². The lowest BCUT2D eigenvalue weighted by atomic mass is 9.80. The number of benzene rings is 3. The summed E-state index contributed by atoms with van der Waals surface area (Å²) in [6, 6.07) is 16.1. The first kappa shape index (κ1) is 28.0. The molecule has 2 heterocycles. The molecule has 0 aliphatic heterocycles. The lowest BCUT2D eigenvalue weighted by molar-refractivity contribution is -0.137. The molecule has 0 fully saturated rings. The molecule has 7 nitrogen and oxygen atoms in total. The standard InChI is InChI=1S/C29H23F5N4O3/c1-18(28(39,15-38-17-35-16-36-38)24-10-7-22(30)12-25(24)31)27-13-26(37-41-27)20-5-8-23(9-6-20)40-14-19-3-2-4-21(11-19)29(32,33)34/h2-13,16-18,39H,14-15H2,1H3/t18-,28+/m0/s1. The molecule has 0 spiro atoms. The Bertz CT molecular complexity index is 1620. The van der Waals surface area contributed by atoms with Gasteiger partial charge in [0.15, 0.2) is 0 Å². The molecule has 1 N–H and O–H groups in total. The zero-order valence-electron chi connectivity index (χ0n) is 21.5. The summed E-state index contributed by atoms with van der Waals surface area (Å²) in [4.78, 5) is 3.86. The minimum atomic E-state index is -4.44. The Morgan fingerprint density at radius 1 is 1.00 bits per heavy atom. The second kappa shape index (κ2) is 11.1. The lowest BCUT2D eigenvalue weighted by Gasteiger charge is -2.33. The van der Waals surface area contributed by atoms with E-state index in [4.69, 9.17) is 9.26 Å². The van der Waals surface area contributed by atoms with Gasteiger partial charge in [0.1, 0.15) is 53.7 Å². The van der Waals surface area contributed by atoms with Crippen LogP contribution >= 0.6 is 0 Å². The van der Waals surface area contributed by atoms with E-state index in [1.54, 1.807) is 43.3 Å². The molecule has 41 heavy (non-hydrogen) atoms. The average molecular weight is 571 g/mol. The van der Waals surface area contributed by atoms with Gasteiger partial charge in [0.25, 0.3) is 0 Å². The van der Waals surface area contributed by atoms with Gasteiger partial charge in [-0.1, -0.05) is 30.3 Å². The first-order valence-corrected chi connectivity index (χ1v) is 12.4. The Balaban J connectivity index is 1.34. The zero-order valence-corrected chi connectivity index (χ0v) is 21.5. The number of aromatic nitrogens is 4. The van der Waals surface area contributed by atoms with Crippen molar-refractivity contribution in [3.63, 3.8) is 0 Å². The quantitative estimate of drug-likeness (QED) is 0.204. The minimum absolute atomic E-state index is 0.0564. The molecule has 0 radical (unpaired) electrons. The van der Waals surface area contributed by atoms with Gasteiger partial charge in [-0.3, -0.25) is 0 Å². The minimum Gasteiger partial charge on any atom is -0.489 e. The number of aliphatic hydroxyl groups is 1. The molecule has 2 atom stereocenters. The Labute approximate surface area is 230 Å². The van der Waals surface area contributed by atoms with Gasteiger partial charge >= 0.3 is 6.18 Å². The number of ether oxygens (including phenoxy) is 1. The first-order valence-electron chi connectivity index (χ1n) is 12.4. The van der Waals surface area contributed by atoms with Gasteiger partial charge in [-0.2, -0.15) is 18.3 Å². The maximum absolute atomic E-state index is 14.8. The highest BCUT2D eigenvalue weighted by molar-refractivity contribution is 5.60. The Kier molecular flexibility index (Phi) is 7.59. The molecular weight excluding hydrogens is 547 g/mol. The molecule has 0 amide bonds. The van der Waals surface area contributed by atoms with Crippen molar-refractivity contribution in [1.82, 2.24) is 19.9 Å². The average Bonchev–Trinajstić information content (AvgIpc) is 3.64. The van der Waals surface area contributed by atoms with Crippen molar-refractivity contribution in [3.8, 4) is 17.0 Å². The van der Waals surface area contributed by atoms with Crippen LogP contribution in [0.25, 0.3) is 11.3 Å². The van der Waals surface area contributed by atoms with Crippen molar-refractivity contribution >= 4 is 0 Å². The molecular formula is C29H23F5N4O3. The van der Waals surface area contributed by atoms with Crippen LogP contribution < -0.4 is 4.74 Å². The normalized spacial score (nSPS) is 14.0. The summed E-state index contributed by atoms with van der Waals surface area (Å²) in [5.41, 5.74) is -1.40. The molecule has 2 aromatic heterocycles. The van der Waals surface area contributed by atoms with Crippen molar-refractivity contribution in [2.24, 2.45) is 0 Å². The fourth-order valence-corrected chi connectivity index (χ4v) is 4.45. The van der Waals surface area contributed by atoms with Crippen LogP contribution in [-0.2, 0) is 24.9 Å². The Hall–Kier alpha value is -4.58. The molecule has 3 aromatic carbocycles. The van der Waals surface area contributed by atoms with Crippen molar-refractivity contribution in [2.75, 3.05) is 0 Å². The maximum atomic E-state index is 14.8. The van der Waals surface area contributed by atoms with Crippen LogP contribution in [0.4, 0.5) is 22.0 Å². The summed E-state index contributed by atoms with van der Waals surface area (Å²) in [6.07, 6.45) is -1.81. The van der Waals surface area contributed by atoms with Crippen molar-refractivity contribution in [2.45, 2.75) is 37.8 Å². The van der Waals surface area contributed by atoms with E-state index in [1.807, 2.05) is 0 Å². The summed E-state index contributed by atoms with van der Waals surface area (Å²) >= 11 is 0. The number of nitrogens with zero attached hydrogens (tertiary/aromatic N) is 4. The van der Waals surface area contributed by atoms with Crippen molar-refractivity contribution < 1.29 is 36.3 Å². The Morgan fingerprint density at radius 3 is 2.46 bits per heavy atom. The maximum Gasteiger partial charge on any atom is 0.416 e. The van der Waals surface area contributed by atoms with E-state index in [1.165, 1.54) is 29.5 Å². The lowest BCUT2D eigenvalue weighted by Crippen LogP contribution is -2.38. The van der Waals surface area contributed by atoms with Crippen LogP contribution in [0.2, 0.25) is 0 Å². The van der Waals surface area contributed by atoms with E-state index in [0.29, 0.717) is 28.6 Å². The fourth-order valence-electron chi connectivity index (χ4n) is 4.45. The van der Waals surface area contributed by atoms with Crippen LogP contribution in [0, 0.1) is 11.6 Å². The van der Waals surface area contributed by atoms with Crippen molar-refractivity contribution in [1.29, 1.82) is 0 Å². The predicted molar refractivity (Wildman–Crippen MR) is 136 cm³/mol. The fraction of sp³-hybridized carbons (Fsp3) is 0.207. The molecule has 12 heteroatoms. The number of alkyl halides is 3. The third kappa shape index (κ3) is 6.12. The molecule has 212 valence electrons. The smallest absolute Gasteiger partial charge is 0.416 e. The van der Waals surface area contributed by atoms with Crippen LogP contribution in [0.3, 0.4) is 0 Å². The van der Waals surface area contributed by atoms with Gasteiger partial charge in [0, 0.05) is 23.3 Å². The number of halogens is 5. The largest absolute Gasteiger partial charge is 0.489 e. The molecule has 0 aliphatic carbocycles.